The monoisotopic (exact) mass is 1120 g/mol. The van der Waals surface area contributed by atoms with Crippen molar-refractivity contribution in [1.82, 2.24) is 21.3 Å². The number of unbranched alkanes of at least 4 members (excludes halogenated alkanes) is 15. The number of nitrogens with one attached hydrogen (secondary N) is 4. The van der Waals surface area contributed by atoms with Crippen LogP contribution in [0.4, 0.5) is 0 Å². The third-order valence-electron chi connectivity index (χ3n) is 12.4. The Bertz CT molecular complexity index is 1970. The molecule has 1 saturated carbocycles. The standard InChI is InChI=1S/C51H82Cl2N4O17S/c52-40-33-41(53)49(43(34-40)75(67,68)69)74-48(63)37-73-32-30-71-28-26-55-46(60)36-72-31-29-70-27-25-54-45(59)24-23-42(51(65)66)57-50(64)39-21-19-38(20-22-39)35-56-44(58)17-15-13-11-9-7-5-3-1-2-4-6-8-10-12-14-16-18-47(61)62/h33-34,38-39,42H,1-32,35-37H2,(H,54,59)(H,55,60)(H,56,58)(H,57,64)(H,61,62)(H,65,66)(H,67,68,69). The Morgan fingerprint density at radius 1 is 0.587 bits per heavy atom. The van der Waals surface area contributed by atoms with Crippen LogP contribution in [0.1, 0.15) is 154 Å². The van der Waals surface area contributed by atoms with Crippen LogP contribution in [0.5, 0.6) is 5.75 Å². The lowest BCUT2D eigenvalue weighted by atomic mass is 9.81. The van der Waals surface area contributed by atoms with Gasteiger partial charge >= 0.3 is 17.9 Å². The molecule has 1 aromatic carbocycles. The first kappa shape index (κ1) is 67.0. The number of hydrogen-bond acceptors (Lipinski definition) is 14. The summed E-state index contributed by atoms with van der Waals surface area (Å²) >= 11 is 11.7. The maximum Gasteiger partial charge on any atom is 0.337 e. The number of amides is 4. The highest BCUT2D eigenvalue weighted by Gasteiger charge is 2.30. The van der Waals surface area contributed by atoms with Crippen molar-refractivity contribution in [2.24, 2.45) is 11.8 Å². The predicted molar refractivity (Wildman–Crippen MR) is 279 cm³/mol. The van der Waals surface area contributed by atoms with Crippen LogP contribution in [-0.2, 0) is 62.6 Å². The van der Waals surface area contributed by atoms with Crippen LogP contribution < -0.4 is 26.0 Å². The van der Waals surface area contributed by atoms with Gasteiger partial charge in [-0.25, -0.2) is 9.59 Å². The fourth-order valence-electron chi connectivity index (χ4n) is 8.23. The van der Waals surface area contributed by atoms with Gasteiger partial charge in [0.2, 0.25) is 23.6 Å². The van der Waals surface area contributed by atoms with E-state index in [4.69, 9.17) is 52.0 Å². The summed E-state index contributed by atoms with van der Waals surface area (Å²) in [7, 11) is -4.79. The lowest BCUT2D eigenvalue weighted by molar-refractivity contribution is -0.143. The van der Waals surface area contributed by atoms with Crippen molar-refractivity contribution >= 4 is 74.9 Å². The zero-order chi connectivity index (χ0) is 55.1. The van der Waals surface area contributed by atoms with Gasteiger partial charge in [0.05, 0.1) is 44.7 Å². The summed E-state index contributed by atoms with van der Waals surface area (Å²) in [5.41, 5.74) is 0. The van der Waals surface area contributed by atoms with Gasteiger partial charge in [0.15, 0.2) is 5.75 Å². The van der Waals surface area contributed by atoms with Gasteiger partial charge in [-0.1, -0.05) is 113 Å². The first-order chi connectivity index (χ1) is 36.0. The highest BCUT2D eigenvalue weighted by atomic mass is 35.5. The molecule has 0 radical (unpaired) electrons. The van der Waals surface area contributed by atoms with Crippen LogP contribution in [-0.4, -0.2) is 143 Å². The molecule has 0 aliphatic heterocycles. The maximum absolute atomic E-state index is 13.0. The van der Waals surface area contributed by atoms with E-state index < -0.39 is 63.1 Å². The average molecular weight is 1130 g/mol. The Labute approximate surface area is 452 Å². The molecule has 2 rings (SSSR count). The fourth-order valence-corrected chi connectivity index (χ4v) is 9.54. The lowest BCUT2D eigenvalue weighted by Gasteiger charge is -2.28. The average Bonchev–Trinajstić information content (AvgIpc) is 3.36. The molecule has 21 nitrogen and oxygen atoms in total. The van der Waals surface area contributed by atoms with E-state index in [1.165, 1.54) is 64.2 Å². The molecule has 7 N–H and O–H groups in total. The number of carbonyl (C=O) groups excluding carboxylic acids is 5. The molecule has 1 aliphatic carbocycles. The molecule has 1 fully saturated rings. The van der Waals surface area contributed by atoms with Crippen LogP contribution in [0, 0.1) is 11.8 Å². The summed E-state index contributed by atoms with van der Waals surface area (Å²) in [6.07, 6.45) is 21.9. The zero-order valence-electron chi connectivity index (χ0n) is 43.4. The summed E-state index contributed by atoms with van der Waals surface area (Å²) in [5.74, 6) is -4.66. The van der Waals surface area contributed by atoms with E-state index in [-0.39, 0.29) is 112 Å². The number of ether oxygens (including phenoxy) is 5. The van der Waals surface area contributed by atoms with Crippen LogP contribution in [0.25, 0.3) is 0 Å². The maximum atomic E-state index is 13.0. The summed E-state index contributed by atoms with van der Waals surface area (Å²) in [6, 6.07) is 0.794. The second-order valence-electron chi connectivity index (χ2n) is 18.7. The van der Waals surface area contributed by atoms with Gasteiger partial charge in [-0.2, -0.15) is 8.42 Å². The summed E-state index contributed by atoms with van der Waals surface area (Å²) in [6.45, 7) is 0.591. The smallest absolute Gasteiger partial charge is 0.337 e. The Balaban J connectivity index is 1.39. The number of rotatable bonds is 45. The van der Waals surface area contributed by atoms with Gasteiger partial charge in [0.1, 0.15) is 24.2 Å². The number of carboxylic acids is 2. The van der Waals surface area contributed by atoms with E-state index in [9.17, 15) is 51.6 Å². The number of halogens is 2. The molecule has 24 heteroatoms. The van der Waals surface area contributed by atoms with Crippen molar-refractivity contribution in [3.63, 3.8) is 0 Å². The first-order valence-corrected chi connectivity index (χ1v) is 28.7. The van der Waals surface area contributed by atoms with E-state index in [1.807, 2.05) is 0 Å². The molecule has 1 unspecified atom stereocenters. The van der Waals surface area contributed by atoms with Gasteiger partial charge in [-0.3, -0.25) is 28.5 Å². The molecule has 4 amide bonds. The van der Waals surface area contributed by atoms with Crippen molar-refractivity contribution in [3.8, 4) is 5.75 Å². The summed E-state index contributed by atoms with van der Waals surface area (Å²) in [4.78, 5) is 83.6. The van der Waals surface area contributed by atoms with Crippen LogP contribution in [0.2, 0.25) is 10.0 Å². The normalized spacial score (nSPS) is 14.9. The lowest BCUT2D eigenvalue weighted by Crippen LogP contribution is -2.45. The summed E-state index contributed by atoms with van der Waals surface area (Å²) in [5, 5.41) is 28.9. The Hall–Kier alpha value is -4.16. The molecule has 1 atom stereocenters. The minimum absolute atomic E-state index is 0.0395. The van der Waals surface area contributed by atoms with Gasteiger partial charge in [0, 0.05) is 49.8 Å². The van der Waals surface area contributed by atoms with E-state index in [0.717, 1.165) is 63.5 Å². The Morgan fingerprint density at radius 2 is 1.07 bits per heavy atom. The molecule has 1 aromatic rings. The van der Waals surface area contributed by atoms with Crippen molar-refractivity contribution < 1.29 is 80.4 Å². The zero-order valence-corrected chi connectivity index (χ0v) is 45.7. The first-order valence-electron chi connectivity index (χ1n) is 26.5. The minimum atomic E-state index is -4.79. The number of carbonyl (C=O) groups is 7. The Kier molecular flexibility index (Phi) is 36.6. The largest absolute Gasteiger partial charge is 0.481 e. The fraction of sp³-hybridized carbons (Fsp3) is 0.745. The van der Waals surface area contributed by atoms with Crippen molar-refractivity contribution in [2.75, 3.05) is 72.5 Å². The second-order valence-corrected chi connectivity index (χ2v) is 20.9. The molecule has 0 bridgehead atoms. The number of aliphatic carboxylic acids is 2. The van der Waals surface area contributed by atoms with Gasteiger partial charge in [0.25, 0.3) is 10.1 Å². The third kappa shape index (κ3) is 34.3. The molecule has 0 heterocycles. The van der Waals surface area contributed by atoms with E-state index in [0.29, 0.717) is 25.8 Å². The molecule has 1 aliphatic rings. The van der Waals surface area contributed by atoms with Crippen molar-refractivity contribution in [3.05, 3.63) is 22.2 Å². The predicted octanol–water partition coefficient (Wildman–Crippen LogP) is 6.82. The molecular weight excluding hydrogens is 1040 g/mol. The number of benzene rings is 1. The number of esters is 1. The molecular formula is C51H82Cl2N4O17S. The van der Waals surface area contributed by atoms with Crippen LogP contribution in [0.3, 0.4) is 0 Å². The molecule has 0 spiro atoms. The van der Waals surface area contributed by atoms with E-state index >= 15 is 0 Å². The molecule has 0 aromatic heterocycles. The summed E-state index contributed by atoms with van der Waals surface area (Å²) < 4.78 is 58.6. The minimum Gasteiger partial charge on any atom is -0.481 e. The quantitative estimate of drug-likeness (QED) is 0.0152. The van der Waals surface area contributed by atoms with Crippen LogP contribution >= 0.6 is 23.2 Å². The number of carboxylic acid groups (broad SMARTS) is 2. The third-order valence-corrected chi connectivity index (χ3v) is 13.8. The Morgan fingerprint density at radius 3 is 1.59 bits per heavy atom. The second kappa shape index (κ2) is 41.0. The molecule has 428 valence electrons. The van der Waals surface area contributed by atoms with Gasteiger partial charge in [-0.05, 0) is 63.0 Å². The van der Waals surface area contributed by atoms with Crippen molar-refractivity contribution in [1.29, 1.82) is 0 Å². The van der Waals surface area contributed by atoms with E-state index in [1.54, 1.807) is 0 Å². The van der Waals surface area contributed by atoms with Gasteiger partial charge in [-0.15, -0.1) is 0 Å². The SMILES string of the molecule is O=C(O)CCCCCCCCCCCCCCCCCCC(=O)NCC1CCC(C(=O)NC(CCC(=O)NCCOCCOCC(=O)NCCOCCOCC(=O)Oc2c(Cl)cc(Cl)cc2S(=O)(=O)O)C(=O)O)CC1. The highest BCUT2D eigenvalue weighted by molar-refractivity contribution is 7.86. The topological polar surface area (TPSA) is 309 Å². The van der Waals surface area contributed by atoms with Crippen LogP contribution in [0.15, 0.2) is 17.0 Å². The highest BCUT2D eigenvalue weighted by Crippen LogP contribution is 2.35. The molecule has 75 heavy (non-hydrogen) atoms. The number of hydrogen-bond donors (Lipinski definition) is 7. The molecule has 0 saturated heterocycles. The van der Waals surface area contributed by atoms with Crippen molar-refractivity contribution in [2.45, 2.75) is 165 Å². The van der Waals surface area contributed by atoms with E-state index in [2.05, 4.69) is 21.3 Å². The van der Waals surface area contributed by atoms with Gasteiger partial charge < -0.3 is 55.2 Å².